The van der Waals surface area contributed by atoms with Crippen LogP contribution in [0.2, 0.25) is 0 Å². The number of hydrogen-bond acceptors (Lipinski definition) is 4. The first-order valence-corrected chi connectivity index (χ1v) is 11.0. The molecule has 2 unspecified atom stereocenters. The maximum Gasteiger partial charge on any atom is 0.239 e. The minimum Gasteiger partial charge on any atom is -0.368 e. The van der Waals surface area contributed by atoms with Gasteiger partial charge in [0.25, 0.3) is 0 Å². The summed E-state index contributed by atoms with van der Waals surface area (Å²) in [6.45, 7) is 6.13. The second-order valence-corrected chi connectivity index (χ2v) is 9.07. The summed E-state index contributed by atoms with van der Waals surface area (Å²) in [6, 6.07) is 6.99. The van der Waals surface area contributed by atoms with Crippen LogP contribution in [0.1, 0.15) is 37.4 Å². The van der Waals surface area contributed by atoms with E-state index >= 15 is 0 Å². The number of nitrogens with one attached hydrogen (secondary N) is 1. The Morgan fingerprint density at radius 1 is 1.44 bits per heavy atom. The number of nitrogens with zero attached hydrogens (tertiary/aromatic N) is 1. The molecule has 3 rings (SSSR count). The zero-order valence-electron chi connectivity index (χ0n) is 15.6. The monoisotopic (exact) mass is 389 g/mol. The number of para-hydroxylation sites is 1. The van der Waals surface area contributed by atoms with Crippen LogP contribution in [0, 0.1) is 5.92 Å². The van der Waals surface area contributed by atoms with Crippen LogP contribution < -0.4 is 11.1 Å². The van der Waals surface area contributed by atoms with E-state index in [1.807, 2.05) is 24.3 Å². The van der Waals surface area contributed by atoms with Crippen molar-refractivity contribution in [3.8, 4) is 0 Å². The Kier molecular flexibility index (Phi) is 5.72. The van der Waals surface area contributed by atoms with E-state index < -0.39 is 22.0 Å². The topological polar surface area (TPSA) is 94.2 Å². The molecule has 0 saturated heterocycles. The Labute approximate surface area is 160 Å². The summed E-state index contributed by atoms with van der Waals surface area (Å²) in [5.74, 6) is -0.296. The Hall–Kier alpha value is -2.12. The summed E-state index contributed by atoms with van der Waals surface area (Å²) in [7, 11) is -3.55. The molecule has 0 aliphatic carbocycles. The zero-order valence-corrected chi connectivity index (χ0v) is 16.5. The highest BCUT2D eigenvalue weighted by Gasteiger charge is 2.32. The van der Waals surface area contributed by atoms with E-state index in [0.29, 0.717) is 30.6 Å². The number of carbonyl (C=O) groups excluding carboxylic acids is 1. The molecule has 146 valence electrons. The fourth-order valence-electron chi connectivity index (χ4n) is 4.04. The molecule has 2 aromatic rings. The number of allylic oxidation sites excluding steroid dienone is 1. The third kappa shape index (κ3) is 3.80. The Bertz CT molecular complexity index is 962. The molecule has 1 aliphatic rings. The molecule has 6 nitrogen and oxygen atoms in total. The van der Waals surface area contributed by atoms with E-state index in [9.17, 15) is 13.2 Å². The smallest absolute Gasteiger partial charge is 0.239 e. The molecule has 0 fully saturated rings. The molecule has 1 aromatic heterocycles. The summed E-state index contributed by atoms with van der Waals surface area (Å²) < 4.78 is 28.2. The summed E-state index contributed by atoms with van der Waals surface area (Å²) in [5.41, 5.74) is 7.73. The van der Waals surface area contributed by atoms with Gasteiger partial charge in [-0.2, -0.15) is 0 Å². The van der Waals surface area contributed by atoms with Gasteiger partial charge in [-0.25, -0.2) is 12.4 Å². The highest BCUT2D eigenvalue weighted by molar-refractivity contribution is 7.90. The fraction of sp³-hybridized carbons (Fsp3) is 0.450. The van der Waals surface area contributed by atoms with Gasteiger partial charge in [0.05, 0.1) is 23.0 Å². The van der Waals surface area contributed by atoms with Gasteiger partial charge in [-0.1, -0.05) is 37.6 Å². The number of rotatable bonds is 8. The van der Waals surface area contributed by atoms with Crippen molar-refractivity contribution in [2.75, 3.05) is 5.75 Å². The molecular weight excluding hydrogens is 362 g/mol. The van der Waals surface area contributed by atoms with Gasteiger partial charge >= 0.3 is 0 Å². The normalized spacial score (nSPS) is 18.2. The standard InChI is InChI=1S/C20H27N3O3S/c1-3-7-14(8-4-2)13-27(25,26)23-18-10-6-5-9-15(18)16-11-17(20(21)24)22-12-19(16)23/h3,5-6,9-10,14,17,22H,1,4,7-8,11-13H2,2H3,(H2,21,24). The van der Waals surface area contributed by atoms with Crippen molar-refractivity contribution >= 4 is 26.8 Å². The minimum atomic E-state index is -3.55. The third-order valence-corrected chi connectivity index (χ3v) is 7.10. The van der Waals surface area contributed by atoms with Gasteiger partial charge in [-0.3, -0.25) is 10.1 Å². The molecule has 2 atom stereocenters. The molecule has 27 heavy (non-hydrogen) atoms. The second-order valence-electron chi connectivity index (χ2n) is 7.20. The molecule has 0 saturated carbocycles. The van der Waals surface area contributed by atoms with Crippen molar-refractivity contribution in [3.63, 3.8) is 0 Å². The van der Waals surface area contributed by atoms with Gasteiger partial charge in [-0.05, 0) is 36.8 Å². The van der Waals surface area contributed by atoms with E-state index in [2.05, 4.69) is 18.8 Å². The molecule has 3 N–H and O–H groups in total. The largest absolute Gasteiger partial charge is 0.368 e. The maximum atomic E-state index is 13.4. The van der Waals surface area contributed by atoms with Crippen molar-refractivity contribution in [2.45, 2.75) is 45.2 Å². The van der Waals surface area contributed by atoms with Crippen LogP contribution in [0.15, 0.2) is 36.9 Å². The lowest BCUT2D eigenvalue weighted by Gasteiger charge is -2.24. The van der Waals surface area contributed by atoms with E-state index in [1.165, 1.54) is 3.97 Å². The molecule has 0 bridgehead atoms. The van der Waals surface area contributed by atoms with E-state index in [-0.39, 0.29) is 11.7 Å². The van der Waals surface area contributed by atoms with Gasteiger partial charge in [0.1, 0.15) is 0 Å². The molecule has 2 heterocycles. The second kappa shape index (κ2) is 7.86. The average Bonchev–Trinajstić information content (AvgIpc) is 2.96. The van der Waals surface area contributed by atoms with Gasteiger partial charge in [0.15, 0.2) is 0 Å². The van der Waals surface area contributed by atoms with Crippen LogP contribution in [0.3, 0.4) is 0 Å². The summed E-state index contributed by atoms with van der Waals surface area (Å²) >= 11 is 0. The highest BCUT2D eigenvalue weighted by atomic mass is 32.2. The lowest BCUT2D eigenvalue weighted by atomic mass is 9.98. The molecule has 1 aromatic carbocycles. The minimum absolute atomic E-state index is 0.0456. The first-order valence-electron chi connectivity index (χ1n) is 9.37. The number of amides is 1. The van der Waals surface area contributed by atoms with Crippen LogP contribution in [-0.2, 0) is 27.8 Å². The maximum absolute atomic E-state index is 13.4. The van der Waals surface area contributed by atoms with Crippen LogP contribution in [0.25, 0.3) is 10.9 Å². The number of hydrogen-bond donors (Lipinski definition) is 2. The van der Waals surface area contributed by atoms with Gasteiger partial charge in [-0.15, -0.1) is 6.58 Å². The van der Waals surface area contributed by atoms with E-state index in [1.54, 1.807) is 6.08 Å². The van der Waals surface area contributed by atoms with Crippen LogP contribution in [-0.4, -0.2) is 30.1 Å². The van der Waals surface area contributed by atoms with Gasteiger partial charge in [0.2, 0.25) is 15.9 Å². The van der Waals surface area contributed by atoms with E-state index in [4.69, 9.17) is 5.73 Å². The lowest BCUT2D eigenvalue weighted by molar-refractivity contribution is -0.120. The van der Waals surface area contributed by atoms with E-state index in [0.717, 1.165) is 23.8 Å². The fourth-order valence-corrected chi connectivity index (χ4v) is 6.05. The molecular formula is C20H27N3O3S. The number of benzene rings is 1. The van der Waals surface area contributed by atoms with Crippen molar-refractivity contribution in [1.29, 1.82) is 0 Å². The molecule has 7 heteroatoms. The summed E-state index contributed by atoms with van der Waals surface area (Å²) in [4.78, 5) is 11.6. The Morgan fingerprint density at radius 2 is 2.19 bits per heavy atom. The Balaban J connectivity index is 2.09. The SMILES string of the molecule is C=CCC(CCC)CS(=O)(=O)n1c2c(c3ccccc31)CC(C(N)=O)NC2. The van der Waals surface area contributed by atoms with Crippen molar-refractivity contribution in [2.24, 2.45) is 11.7 Å². The van der Waals surface area contributed by atoms with Crippen molar-refractivity contribution < 1.29 is 13.2 Å². The summed E-state index contributed by atoms with van der Waals surface area (Å²) in [6.07, 6.45) is 4.64. The third-order valence-electron chi connectivity index (χ3n) is 5.23. The predicted molar refractivity (Wildman–Crippen MR) is 108 cm³/mol. The van der Waals surface area contributed by atoms with Crippen LogP contribution in [0.5, 0.6) is 0 Å². The van der Waals surface area contributed by atoms with Gasteiger partial charge in [0, 0.05) is 11.9 Å². The number of nitrogens with two attached hydrogens (primary N) is 1. The summed E-state index contributed by atoms with van der Waals surface area (Å²) in [5, 5.41) is 3.95. The Morgan fingerprint density at radius 3 is 2.85 bits per heavy atom. The van der Waals surface area contributed by atoms with Crippen molar-refractivity contribution in [1.82, 2.24) is 9.29 Å². The van der Waals surface area contributed by atoms with Crippen LogP contribution >= 0.6 is 0 Å². The number of aromatic nitrogens is 1. The quantitative estimate of drug-likeness (QED) is 0.678. The zero-order chi connectivity index (χ0) is 19.6. The number of carbonyl (C=O) groups is 1. The highest BCUT2D eigenvalue weighted by Crippen LogP contribution is 2.32. The predicted octanol–water partition coefficient (Wildman–Crippen LogP) is 2.31. The lowest BCUT2D eigenvalue weighted by Crippen LogP contribution is -2.45. The van der Waals surface area contributed by atoms with Crippen LogP contribution in [0.4, 0.5) is 0 Å². The first kappa shape index (κ1) is 19.6. The average molecular weight is 390 g/mol. The van der Waals surface area contributed by atoms with Crippen molar-refractivity contribution in [3.05, 3.63) is 48.2 Å². The molecule has 1 aliphatic heterocycles. The number of primary amides is 1. The first-order chi connectivity index (χ1) is 12.9. The molecule has 0 spiro atoms. The molecule has 0 radical (unpaired) electrons. The van der Waals surface area contributed by atoms with Gasteiger partial charge < -0.3 is 5.73 Å². The number of fused-ring (bicyclic) bond motifs is 3. The molecule has 1 amide bonds.